The highest BCUT2D eigenvalue weighted by atomic mass is 35.5. The first-order valence-electron chi connectivity index (χ1n) is 6.30. The first-order valence-corrected chi connectivity index (χ1v) is 7.49. The van der Waals surface area contributed by atoms with Gasteiger partial charge in [-0.05, 0) is 42.1 Å². The van der Waals surface area contributed by atoms with Gasteiger partial charge in [0.05, 0.1) is 11.3 Å². The maximum atomic E-state index is 11.9. The van der Waals surface area contributed by atoms with E-state index in [1.54, 1.807) is 35.2 Å². The van der Waals surface area contributed by atoms with Crippen molar-refractivity contribution in [1.82, 2.24) is 14.8 Å². The molecule has 2 aromatic heterocycles. The number of nitrogens with one attached hydrogen (secondary N) is 1. The number of hydrogen-bond acceptors (Lipinski definition) is 5. The monoisotopic (exact) mass is 334 g/mol. The molecule has 6 nitrogen and oxygen atoms in total. The zero-order valence-electron chi connectivity index (χ0n) is 11.5. The van der Waals surface area contributed by atoms with Crippen molar-refractivity contribution in [1.29, 1.82) is 0 Å². The molecule has 0 atom stereocenters. The smallest absolute Gasteiger partial charge is 0.291 e. The Labute approximate surface area is 135 Å². The number of carbonyl (C=O) groups is 1. The minimum atomic E-state index is -0.324. The summed E-state index contributed by atoms with van der Waals surface area (Å²) in [7, 11) is 1.86. The minimum Gasteiger partial charge on any atom is -0.459 e. The minimum absolute atomic E-state index is 0.244. The van der Waals surface area contributed by atoms with E-state index in [1.807, 2.05) is 13.1 Å². The third-order valence-electron chi connectivity index (χ3n) is 2.81. The molecule has 2 heterocycles. The van der Waals surface area contributed by atoms with E-state index in [4.69, 9.17) is 16.0 Å². The van der Waals surface area contributed by atoms with Gasteiger partial charge in [0.2, 0.25) is 0 Å². The largest absolute Gasteiger partial charge is 0.459 e. The van der Waals surface area contributed by atoms with E-state index in [0.29, 0.717) is 10.7 Å². The predicted molar refractivity (Wildman–Crippen MR) is 83.2 cm³/mol. The van der Waals surface area contributed by atoms with Gasteiger partial charge in [0, 0.05) is 17.6 Å². The second-order valence-electron chi connectivity index (χ2n) is 4.40. The molecule has 0 saturated carbocycles. The lowest BCUT2D eigenvalue weighted by Gasteiger charge is -2.07. The predicted octanol–water partition coefficient (Wildman–Crippen LogP) is 3.47. The van der Waals surface area contributed by atoms with Crippen molar-refractivity contribution in [3.63, 3.8) is 0 Å². The summed E-state index contributed by atoms with van der Waals surface area (Å²) >= 11 is 7.65. The molecule has 0 aliphatic rings. The number of benzene rings is 1. The van der Waals surface area contributed by atoms with Gasteiger partial charge in [-0.25, -0.2) is 0 Å². The number of aryl methyl sites for hydroxylation is 1. The van der Waals surface area contributed by atoms with Crippen LogP contribution in [-0.2, 0) is 7.05 Å². The summed E-state index contributed by atoms with van der Waals surface area (Å²) in [5.74, 6) is -0.0802. The van der Waals surface area contributed by atoms with Crippen LogP contribution in [0.15, 0.2) is 57.4 Å². The van der Waals surface area contributed by atoms with E-state index < -0.39 is 0 Å². The van der Waals surface area contributed by atoms with Gasteiger partial charge in [0.1, 0.15) is 6.33 Å². The third kappa shape index (κ3) is 3.15. The number of anilines is 1. The zero-order valence-corrected chi connectivity index (χ0v) is 13.1. The molecule has 0 aliphatic carbocycles. The van der Waals surface area contributed by atoms with Crippen molar-refractivity contribution in [2.75, 3.05) is 5.32 Å². The molecule has 3 aromatic rings. The fraction of sp³-hybridized carbons (Fsp3) is 0.0714. The summed E-state index contributed by atoms with van der Waals surface area (Å²) in [5, 5.41) is 11.8. The topological polar surface area (TPSA) is 73.0 Å². The Morgan fingerprint density at radius 2 is 2.27 bits per heavy atom. The zero-order chi connectivity index (χ0) is 15.5. The van der Waals surface area contributed by atoms with E-state index in [9.17, 15) is 4.79 Å². The SMILES string of the molecule is Cn1cnnc1Sc1ccc(NC(=O)c2ccco2)cc1Cl. The molecule has 0 aliphatic heterocycles. The molecular formula is C14H11ClN4O2S. The fourth-order valence-corrected chi connectivity index (χ4v) is 2.79. The normalized spacial score (nSPS) is 10.6. The number of carbonyl (C=O) groups excluding carboxylic acids is 1. The molecule has 1 N–H and O–H groups in total. The number of rotatable bonds is 4. The van der Waals surface area contributed by atoms with Gasteiger partial charge in [0.15, 0.2) is 10.9 Å². The Balaban J connectivity index is 1.75. The van der Waals surface area contributed by atoms with Crippen LogP contribution < -0.4 is 5.32 Å². The van der Waals surface area contributed by atoms with Crippen LogP contribution in [0.25, 0.3) is 0 Å². The summed E-state index contributed by atoms with van der Waals surface area (Å²) in [5.41, 5.74) is 0.591. The van der Waals surface area contributed by atoms with Crippen molar-refractivity contribution < 1.29 is 9.21 Å². The first kappa shape index (κ1) is 14.7. The van der Waals surface area contributed by atoms with E-state index in [-0.39, 0.29) is 11.7 Å². The van der Waals surface area contributed by atoms with Gasteiger partial charge in [-0.1, -0.05) is 11.6 Å². The Morgan fingerprint density at radius 1 is 1.41 bits per heavy atom. The van der Waals surface area contributed by atoms with E-state index in [2.05, 4.69) is 15.5 Å². The number of nitrogens with zero attached hydrogens (tertiary/aromatic N) is 3. The van der Waals surface area contributed by atoms with E-state index >= 15 is 0 Å². The number of aromatic nitrogens is 3. The number of halogens is 1. The summed E-state index contributed by atoms with van der Waals surface area (Å²) in [6.07, 6.45) is 3.07. The van der Waals surface area contributed by atoms with Gasteiger partial charge in [-0.3, -0.25) is 4.79 Å². The molecule has 0 radical (unpaired) electrons. The van der Waals surface area contributed by atoms with Crippen molar-refractivity contribution >= 4 is 35.0 Å². The average molecular weight is 335 g/mol. The van der Waals surface area contributed by atoms with Crippen LogP contribution in [0.2, 0.25) is 5.02 Å². The van der Waals surface area contributed by atoms with Crippen molar-refractivity contribution in [2.24, 2.45) is 7.05 Å². The number of hydrogen-bond donors (Lipinski definition) is 1. The summed E-state index contributed by atoms with van der Waals surface area (Å²) in [4.78, 5) is 12.7. The maximum Gasteiger partial charge on any atom is 0.291 e. The van der Waals surface area contributed by atoms with Gasteiger partial charge < -0.3 is 14.3 Å². The van der Waals surface area contributed by atoms with Gasteiger partial charge >= 0.3 is 0 Å². The van der Waals surface area contributed by atoms with Crippen molar-refractivity contribution in [3.05, 3.63) is 53.7 Å². The lowest BCUT2D eigenvalue weighted by molar-refractivity contribution is 0.0996. The van der Waals surface area contributed by atoms with Gasteiger partial charge in [-0.2, -0.15) is 0 Å². The van der Waals surface area contributed by atoms with Crippen LogP contribution >= 0.6 is 23.4 Å². The van der Waals surface area contributed by atoms with Gasteiger partial charge in [-0.15, -0.1) is 10.2 Å². The average Bonchev–Trinajstić information content (AvgIpc) is 3.14. The van der Waals surface area contributed by atoms with Crippen molar-refractivity contribution in [3.8, 4) is 0 Å². The second-order valence-corrected chi connectivity index (χ2v) is 5.82. The van der Waals surface area contributed by atoms with Crippen molar-refractivity contribution in [2.45, 2.75) is 10.1 Å². The molecule has 0 saturated heterocycles. The van der Waals surface area contributed by atoms with Crippen LogP contribution in [0.3, 0.4) is 0 Å². The highest BCUT2D eigenvalue weighted by Gasteiger charge is 2.11. The number of furan rings is 1. The molecule has 0 fully saturated rings. The van der Waals surface area contributed by atoms with Crippen LogP contribution in [0, 0.1) is 0 Å². The second kappa shape index (κ2) is 6.25. The first-order chi connectivity index (χ1) is 10.6. The highest BCUT2D eigenvalue weighted by Crippen LogP contribution is 2.33. The van der Waals surface area contributed by atoms with Crippen LogP contribution in [0.1, 0.15) is 10.6 Å². The standard InChI is InChI=1S/C14H11ClN4O2S/c1-19-8-16-18-14(19)22-12-5-4-9(7-10(12)15)17-13(20)11-3-2-6-21-11/h2-8H,1H3,(H,17,20). The molecule has 0 unspecified atom stereocenters. The van der Waals surface area contributed by atoms with E-state index in [1.165, 1.54) is 18.0 Å². The Hall–Kier alpha value is -2.25. The molecule has 0 bridgehead atoms. The molecular weight excluding hydrogens is 324 g/mol. The molecule has 112 valence electrons. The molecule has 3 rings (SSSR count). The lowest BCUT2D eigenvalue weighted by atomic mass is 10.3. The third-order valence-corrected chi connectivity index (χ3v) is 4.36. The van der Waals surface area contributed by atoms with Crippen LogP contribution in [0.5, 0.6) is 0 Å². The quantitative estimate of drug-likeness (QED) is 0.791. The maximum absolute atomic E-state index is 11.9. The summed E-state index contributed by atoms with van der Waals surface area (Å²) in [6.45, 7) is 0. The van der Waals surface area contributed by atoms with Gasteiger partial charge in [0.25, 0.3) is 5.91 Å². The molecule has 1 aromatic carbocycles. The molecule has 8 heteroatoms. The van der Waals surface area contributed by atoms with Crippen LogP contribution in [-0.4, -0.2) is 20.7 Å². The lowest BCUT2D eigenvalue weighted by Crippen LogP contribution is -2.10. The highest BCUT2D eigenvalue weighted by molar-refractivity contribution is 7.99. The Morgan fingerprint density at radius 3 is 2.91 bits per heavy atom. The Bertz CT molecular complexity index is 801. The van der Waals surface area contributed by atoms with E-state index in [0.717, 1.165) is 10.1 Å². The Kier molecular flexibility index (Phi) is 4.17. The fourth-order valence-electron chi connectivity index (χ4n) is 1.73. The molecule has 0 spiro atoms. The van der Waals surface area contributed by atoms with Crippen LogP contribution in [0.4, 0.5) is 5.69 Å². The molecule has 1 amide bonds. The number of amides is 1. The summed E-state index contributed by atoms with van der Waals surface area (Å²) in [6, 6.07) is 8.52. The molecule has 22 heavy (non-hydrogen) atoms. The summed E-state index contributed by atoms with van der Waals surface area (Å²) < 4.78 is 6.84.